The van der Waals surface area contributed by atoms with Crippen LogP contribution in [-0.4, -0.2) is 25.1 Å². The third kappa shape index (κ3) is 6.91. The smallest absolute Gasteiger partial charge is 0.223 e. The highest BCUT2D eigenvalue weighted by atomic mass is 16.5. The lowest BCUT2D eigenvalue weighted by molar-refractivity contribution is -0.121. The van der Waals surface area contributed by atoms with E-state index >= 15 is 0 Å². The molecule has 4 nitrogen and oxygen atoms in total. The molecule has 0 saturated heterocycles. The lowest BCUT2D eigenvalue weighted by atomic mass is 10.2. The lowest BCUT2D eigenvalue weighted by Crippen LogP contribution is -2.27. The maximum Gasteiger partial charge on any atom is 0.223 e. The van der Waals surface area contributed by atoms with Crippen LogP contribution < -0.4 is 15.8 Å². The van der Waals surface area contributed by atoms with Crippen molar-refractivity contribution in [1.82, 2.24) is 5.32 Å². The summed E-state index contributed by atoms with van der Waals surface area (Å²) in [5.41, 5.74) is 5.62. The van der Waals surface area contributed by atoms with Crippen LogP contribution in [0.15, 0.2) is 30.3 Å². The van der Waals surface area contributed by atoms with E-state index < -0.39 is 0 Å². The minimum Gasteiger partial charge on any atom is -0.493 e. The molecule has 1 atom stereocenters. The zero-order chi connectivity index (χ0) is 13.2. The summed E-state index contributed by atoms with van der Waals surface area (Å²) in [5, 5.41) is 2.85. The highest BCUT2D eigenvalue weighted by Crippen LogP contribution is 2.08. The molecule has 4 heteroatoms. The molecule has 18 heavy (non-hydrogen) atoms. The Morgan fingerprint density at radius 1 is 1.39 bits per heavy atom. The van der Waals surface area contributed by atoms with Crippen molar-refractivity contribution in [2.24, 2.45) is 5.73 Å². The molecule has 0 aliphatic rings. The molecule has 0 aliphatic heterocycles. The first kappa shape index (κ1) is 14.5. The van der Waals surface area contributed by atoms with Crippen molar-refractivity contribution in [2.75, 3.05) is 13.2 Å². The van der Waals surface area contributed by atoms with Gasteiger partial charge in [-0.1, -0.05) is 18.2 Å². The van der Waals surface area contributed by atoms with Gasteiger partial charge in [-0.3, -0.25) is 4.79 Å². The minimum atomic E-state index is 0.0237. The van der Waals surface area contributed by atoms with Crippen LogP contribution in [0.25, 0.3) is 0 Å². The van der Waals surface area contributed by atoms with Crippen LogP contribution in [0.4, 0.5) is 0 Å². The number of hydrogen-bond donors (Lipinski definition) is 2. The number of benzene rings is 1. The molecule has 1 rings (SSSR count). The van der Waals surface area contributed by atoms with Gasteiger partial charge in [0.1, 0.15) is 5.75 Å². The van der Waals surface area contributed by atoms with Gasteiger partial charge in [0.05, 0.1) is 13.0 Å². The van der Waals surface area contributed by atoms with Gasteiger partial charge >= 0.3 is 0 Å². The van der Waals surface area contributed by atoms with E-state index in [-0.39, 0.29) is 11.9 Å². The summed E-state index contributed by atoms with van der Waals surface area (Å²) in [5.74, 6) is 0.817. The summed E-state index contributed by atoms with van der Waals surface area (Å²) in [7, 11) is 0. The highest BCUT2D eigenvalue weighted by Gasteiger charge is 2.01. The second-order valence-electron chi connectivity index (χ2n) is 4.38. The maximum atomic E-state index is 11.5. The molecule has 1 amide bonds. The Morgan fingerprint density at radius 3 is 2.78 bits per heavy atom. The molecular weight excluding hydrogens is 228 g/mol. The van der Waals surface area contributed by atoms with Gasteiger partial charge in [0, 0.05) is 12.6 Å². The summed E-state index contributed by atoms with van der Waals surface area (Å²) in [6.07, 6.45) is 2.23. The van der Waals surface area contributed by atoms with E-state index in [1.807, 2.05) is 37.3 Å². The van der Waals surface area contributed by atoms with Crippen molar-refractivity contribution in [3.63, 3.8) is 0 Å². The van der Waals surface area contributed by atoms with Crippen molar-refractivity contribution in [2.45, 2.75) is 32.2 Å². The molecule has 0 fully saturated rings. The molecule has 0 saturated carbocycles. The molecule has 100 valence electrons. The average molecular weight is 250 g/mol. The van der Waals surface area contributed by atoms with E-state index in [0.29, 0.717) is 19.6 Å². The number of rotatable bonds is 8. The zero-order valence-electron chi connectivity index (χ0n) is 10.9. The number of ether oxygens (including phenoxy) is 1. The van der Waals surface area contributed by atoms with Gasteiger partial charge in [-0.15, -0.1) is 0 Å². The fraction of sp³-hybridized carbons (Fsp3) is 0.500. The summed E-state index contributed by atoms with van der Waals surface area (Å²) >= 11 is 0. The Hall–Kier alpha value is -1.55. The van der Waals surface area contributed by atoms with Gasteiger partial charge < -0.3 is 15.8 Å². The quantitative estimate of drug-likeness (QED) is 0.690. The molecule has 0 aromatic heterocycles. The number of amides is 1. The Morgan fingerprint density at radius 2 is 2.11 bits per heavy atom. The molecule has 1 aromatic rings. The number of nitrogens with one attached hydrogen (secondary N) is 1. The summed E-state index contributed by atoms with van der Waals surface area (Å²) in [4.78, 5) is 11.5. The molecule has 0 heterocycles. The number of hydrogen-bond acceptors (Lipinski definition) is 3. The summed E-state index contributed by atoms with van der Waals surface area (Å²) in [6.45, 7) is 3.06. The van der Waals surface area contributed by atoms with Crippen molar-refractivity contribution in [1.29, 1.82) is 0 Å². The standard InChI is InChI=1S/C14H22N2O2/c1-12(15)6-5-10-16-14(17)9-11-18-13-7-3-2-4-8-13/h2-4,7-8,12H,5-6,9-11,15H2,1H3,(H,16,17). The topological polar surface area (TPSA) is 64.3 Å². The van der Waals surface area contributed by atoms with Crippen molar-refractivity contribution in [3.8, 4) is 5.75 Å². The fourth-order valence-corrected chi connectivity index (χ4v) is 1.52. The van der Waals surface area contributed by atoms with Crippen LogP contribution >= 0.6 is 0 Å². The predicted molar refractivity (Wildman–Crippen MR) is 72.4 cm³/mol. The second-order valence-corrected chi connectivity index (χ2v) is 4.38. The first-order chi connectivity index (χ1) is 8.68. The molecule has 3 N–H and O–H groups in total. The molecule has 0 aliphatic carbocycles. The Labute approximate surface area is 109 Å². The van der Waals surface area contributed by atoms with Gasteiger partial charge in [0.2, 0.25) is 5.91 Å². The molecule has 0 bridgehead atoms. The first-order valence-corrected chi connectivity index (χ1v) is 6.38. The third-order valence-electron chi connectivity index (χ3n) is 2.50. The number of carbonyl (C=O) groups is 1. The Bertz CT molecular complexity index is 339. The number of nitrogens with two attached hydrogens (primary N) is 1. The Balaban J connectivity index is 2.03. The zero-order valence-corrected chi connectivity index (χ0v) is 10.9. The monoisotopic (exact) mass is 250 g/mol. The van der Waals surface area contributed by atoms with Crippen LogP contribution in [0.3, 0.4) is 0 Å². The predicted octanol–water partition coefficient (Wildman–Crippen LogP) is 1.70. The molecular formula is C14H22N2O2. The van der Waals surface area contributed by atoms with Crippen molar-refractivity contribution < 1.29 is 9.53 Å². The van der Waals surface area contributed by atoms with Crippen LogP contribution in [-0.2, 0) is 4.79 Å². The van der Waals surface area contributed by atoms with Gasteiger partial charge in [0.15, 0.2) is 0 Å². The summed E-state index contributed by atoms with van der Waals surface area (Å²) < 4.78 is 5.44. The van der Waals surface area contributed by atoms with Crippen LogP contribution in [0, 0.1) is 0 Å². The van der Waals surface area contributed by atoms with E-state index in [4.69, 9.17) is 10.5 Å². The van der Waals surface area contributed by atoms with Gasteiger partial charge in [0.25, 0.3) is 0 Å². The molecule has 1 aromatic carbocycles. The molecule has 0 radical (unpaired) electrons. The largest absolute Gasteiger partial charge is 0.493 e. The third-order valence-corrected chi connectivity index (χ3v) is 2.50. The van der Waals surface area contributed by atoms with Gasteiger partial charge in [-0.25, -0.2) is 0 Å². The normalized spacial score (nSPS) is 11.9. The van der Waals surface area contributed by atoms with E-state index in [0.717, 1.165) is 18.6 Å². The van der Waals surface area contributed by atoms with E-state index in [1.54, 1.807) is 0 Å². The van der Waals surface area contributed by atoms with E-state index in [2.05, 4.69) is 5.32 Å². The number of para-hydroxylation sites is 1. The molecule has 1 unspecified atom stereocenters. The van der Waals surface area contributed by atoms with E-state index in [1.165, 1.54) is 0 Å². The van der Waals surface area contributed by atoms with Crippen LogP contribution in [0.5, 0.6) is 5.75 Å². The first-order valence-electron chi connectivity index (χ1n) is 6.38. The van der Waals surface area contributed by atoms with Crippen molar-refractivity contribution in [3.05, 3.63) is 30.3 Å². The summed E-state index contributed by atoms with van der Waals surface area (Å²) in [6, 6.07) is 9.69. The van der Waals surface area contributed by atoms with Gasteiger partial charge in [-0.2, -0.15) is 0 Å². The second kappa shape index (κ2) is 8.53. The Kier molecular flexibility index (Phi) is 6.87. The average Bonchev–Trinajstić information content (AvgIpc) is 2.36. The fourth-order valence-electron chi connectivity index (χ4n) is 1.52. The number of carbonyl (C=O) groups excluding carboxylic acids is 1. The van der Waals surface area contributed by atoms with E-state index in [9.17, 15) is 4.79 Å². The maximum absolute atomic E-state index is 11.5. The van der Waals surface area contributed by atoms with Gasteiger partial charge in [-0.05, 0) is 31.9 Å². The highest BCUT2D eigenvalue weighted by molar-refractivity contribution is 5.75. The minimum absolute atomic E-state index is 0.0237. The SMILES string of the molecule is CC(N)CCCNC(=O)CCOc1ccccc1. The van der Waals surface area contributed by atoms with Crippen LogP contribution in [0.2, 0.25) is 0 Å². The van der Waals surface area contributed by atoms with Crippen LogP contribution in [0.1, 0.15) is 26.2 Å². The molecule has 0 spiro atoms. The van der Waals surface area contributed by atoms with Crippen molar-refractivity contribution >= 4 is 5.91 Å². The lowest BCUT2D eigenvalue weighted by Gasteiger charge is -2.08.